The first-order valence-corrected chi connectivity index (χ1v) is 3.94. The Hall–Kier alpha value is -1.55. The van der Waals surface area contributed by atoms with Crippen LogP contribution in [0.2, 0.25) is 0 Å². The van der Waals surface area contributed by atoms with Crippen molar-refractivity contribution < 1.29 is 9.90 Å². The minimum absolute atomic E-state index is 0.498. The minimum Gasteiger partial charge on any atom is -0.389 e. The van der Waals surface area contributed by atoms with E-state index in [9.17, 15) is 9.90 Å². The lowest BCUT2D eigenvalue weighted by atomic mass is 10.1. The van der Waals surface area contributed by atoms with E-state index < -0.39 is 12.1 Å². The molecule has 0 unspecified atom stereocenters. The molecule has 1 rings (SSSR count). The monoisotopic (exact) mass is 180 g/mol. The van der Waals surface area contributed by atoms with Crippen molar-refractivity contribution in [1.29, 1.82) is 0 Å². The Morgan fingerprint density at radius 2 is 2.00 bits per heavy atom. The number of aliphatic hydroxyl groups excluding tert-OH is 1. The average Bonchev–Trinajstić information content (AvgIpc) is 2.04. The smallest absolute Gasteiger partial charge is 0.316 e. The van der Waals surface area contributed by atoms with Gasteiger partial charge in [-0.2, -0.15) is 0 Å². The van der Waals surface area contributed by atoms with Crippen molar-refractivity contribution in [2.75, 3.05) is 5.32 Å². The van der Waals surface area contributed by atoms with Crippen LogP contribution in [0.3, 0.4) is 0 Å². The summed E-state index contributed by atoms with van der Waals surface area (Å²) in [5, 5.41) is 11.6. The maximum absolute atomic E-state index is 10.4. The Bertz CT molecular complexity index is 293. The number of amides is 2. The lowest BCUT2D eigenvalue weighted by molar-refractivity contribution is 0.199. The number of rotatable bonds is 2. The fraction of sp³-hybridized carbons (Fsp3) is 0.222. The molecular formula is C9H12N2O2. The molecule has 2 amide bonds. The van der Waals surface area contributed by atoms with Gasteiger partial charge in [0.15, 0.2) is 0 Å². The Kier molecular flexibility index (Phi) is 2.87. The van der Waals surface area contributed by atoms with Crippen molar-refractivity contribution in [1.82, 2.24) is 0 Å². The predicted molar refractivity (Wildman–Crippen MR) is 50.3 cm³/mol. The van der Waals surface area contributed by atoms with Gasteiger partial charge in [0.1, 0.15) is 0 Å². The number of nitrogens with one attached hydrogen (secondary N) is 1. The summed E-state index contributed by atoms with van der Waals surface area (Å²) in [5.41, 5.74) is 6.35. The zero-order valence-corrected chi connectivity index (χ0v) is 7.32. The number of hydrogen-bond acceptors (Lipinski definition) is 2. The van der Waals surface area contributed by atoms with Crippen molar-refractivity contribution in [3.63, 3.8) is 0 Å². The maximum Gasteiger partial charge on any atom is 0.316 e. The summed E-state index contributed by atoms with van der Waals surface area (Å²) in [4.78, 5) is 10.4. The van der Waals surface area contributed by atoms with Crippen molar-refractivity contribution >= 4 is 11.7 Å². The van der Waals surface area contributed by atoms with Crippen LogP contribution in [-0.4, -0.2) is 11.1 Å². The Morgan fingerprint density at radius 1 is 1.46 bits per heavy atom. The number of hydrogen-bond donors (Lipinski definition) is 3. The van der Waals surface area contributed by atoms with Crippen LogP contribution < -0.4 is 11.1 Å². The van der Waals surface area contributed by atoms with Crippen LogP contribution >= 0.6 is 0 Å². The highest BCUT2D eigenvalue weighted by atomic mass is 16.3. The van der Waals surface area contributed by atoms with E-state index in [0.717, 1.165) is 5.56 Å². The molecule has 4 heteroatoms. The number of anilines is 1. The average molecular weight is 180 g/mol. The highest BCUT2D eigenvalue weighted by Gasteiger charge is 2.00. The molecule has 0 saturated heterocycles. The number of primary amides is 1. The van der Waals surface area contributed by atoms with E-state index in [0.29, 0.717) is 5.69 Å². The zero-order valence-electron chi connectivity index (χ0n) is 7.32. The largest absolute Gasteiger partial charge is 0.389 e. The predicted octanol–water partition coefficient (Wildman–Crippen LogP) is 1.23. The molecule has 0 radical (unpaired) electrons. The van der Waals surface area contributed by atoms with E-state index in [1.807, 2.05) is 0 Å². The molecule has 4 N–H and O–H groups in total. The standard InChI is InChI=1S/C9H12N2O2/c1-6(12)7-2-4-8(5-3-7)11-9(10)13/h2-6,12H,1H3,(H3,10,11,13)/t6-/m0/s1. The summed E-state index contributed by atoms with van der Waals surface area (Å²) >= 11 is 0. The van der Waals surface area contributed by atoms with E-state index in [2.05, 4.69) is 5.32 Å². The molecule has 1 atom stereocenters. The molecule has 1 aromatic carbocycles. The van der Waals surface area contributed by atoms with Gasteiger partial charge in [-0.25, -0.2) is 4.79 Å². The Balaban J connectivity index is 2.75. The zero-order chi connectivity index (χ0) is 9.84. The highest BCUT2D eigenvalue weighted by molar-refractivity contribution is 5.87. The third-order valence-corrected chi connectivity index (χ3v) is 1.66. The van der Waals surface area contributed by atoms with Crippen LogP contribution in [0.4, 0.5) is 10.5 Å². The molecular weight excluding hydrogens is 168 g/mol. The summed E-state index contributed by atoms with van der Waals surface area (Å²) in [5.74, 6) is 0. The van der Waals surface area contributed by atoms with E-state index in [4.69, 9.17) is 5.73 Å². The molecule has 0 heterocycles. The minimum atomic E-state index is -0.593. The van der Waals surface area contributed by atoms with Gasteiger partial charge >= 0.3 is 6.03 Å². The maximum atomic E-state index is 10.4. The number of nitrogens with two attached hydrogens (primary N) is 1. The van der Waals surface area contributed by atoms with E-state index in [1.54, 1.807) is 31.2 Å². The molecule has 0 spiro atoms. The molecule has 0 aliphatic rings. The summed E-state index contributed by atoms with van der Waals surface area (Å²) in [6, 6.07) is 6.25. The van der Waals surface area contributed by atoms with Gasteiger partial charge in [0, 0.05) is 5.69 Å². The number of carbonyl (C=O) groups excluding carboxylic acids is 1. The first kappa shape index (κ1) is 9.54. The summed E-state index contributed by atoms with van der Waals surface area (Å²) in [7, 11) is 0. The van der Waals surface area contributed by atoms with Crippen LogP contribution in [0.5, 0.6) is 0 Å². The first-order valence-electron chi connectivity index (χ1n) is 3.94. The number of carbonyl (C=O) groups is 1. The summed E-state index contributed by atoms with van der Waals surface area (Å²) in [6.07, 6.45) is -0.498. The SMILES string of the molecule is C[C@H](O)c1ccc(NC(N)=O)cc1. The quantitative estimate of drug-likeness (QED) is 0.640. The summed E-state index contributed by atoms with van der Waals surface area (Å²) in [6.45, 7) is 1.68. The third kappa shape index (κ3) is 2.76. The van der Waals surface area contributed by atoms with Gasteiger partial charge in [-0.15, -0.1) is 0 Å². The molecule has 0 aromatic heterocycles. The van der Waals surface area contributed by atoms with Gasteiger partial charge < -0.3 is 16.2 Å². The lowest BCUT2D eigenvalue weighted by Crippen LogP contribution is -2.19. The number of urea groups is 1. The van der Waals surface area contributed by atoms with Crippen molar-refractivity contribution in [3.8, 4) is 0 Å². The topological polar surface area (TPSA) is 75.3 Å². The van der Waals surface area contributed by atoms with E-state index in [-0.39, 0.29) is 0 Å². The van der Waals surface area contributed by atoms with Gasteiger partial charge in [-0.3, -0.25) is 0 Å². The van der Waals surface area contributed by atoms with E-state index in [1.165, 1.54) is 0 Å². The molecule has 0 aliphatic heterocycles. The molecule has 70 valence electrons. The first-order chi connectivity index (χ1) is 6.09. The summed E-state index contributed by atoms with van der Waals surface area (Å²) < 4.78 is 0. The normalized spacial score (nSPS) is 12.2. The fourth-order valence-electron chi connectivity index (χ4n) is 0.987. The van der Waals surface area contributed by atoms with Crippen molar-refractivity contribution in [3.05, 3.63) is 29.8 Å². The van der Waals surface area contributed by atoms with Crippen LogP contribution in [0.1, 0.15) is 18.6 Å². The second kappa shape index (κ2) is 3.91. The number of aliphatic hydroxyl groups is 1. The van der Waals surface area contributed by atoms with Crippen LogP contribution in [0.15, 0.2) is 24.3 Å². The molecule has 1 aromatic rings. The second-order valence-electron chi connectivity index (χ2n) is 2.79. The van der Waals surface area contributed by atoms with Crippen molar-refractivity contribution in [2.45, 2.75) is 13.0 Å². The number of benzene rings is 1. The van der Waals surface area contributed by atoms with Crippen LogP contribution in [0, 0.1) is 0 Å². The molecule has 0 saturated carbocycles. The van der Waals surface area contributed by atoms with Crippen LogP contribution in [0.25, 0.3) is 0 Å². The lowest BCUT2D eigenvalue weighted by Gasteiger charge is -2.05. The Labute approximate surface area is 76.4 Å². The second-order valence-corrected chi connectivity index (χ2v) is 2.79. The molecule has 0 fully saturated rings. The Morgan fingerprint density at radius 3 is 2.38 bits per heavy atom. The van der Waals surface area contributed by atoms with Gasteiger partial charge in [-0.1, -0.05) is 12.1 Å². The van der Waals surface area contributed by atoms with Gasteiger partial charge in [-0.05, 0) is 24.6 Å². The van der Waals surface area contributed by atoms with Gasteiger partial charge in [0.05, 0.1) is 6.10 Å². The van der Waals surface area contributed by atoms with Crippen LogP contribution in [-0.2, 0) is 0 Å². The van der Waals surface area contributed by atoms with Gasteiger partial charge in [0.2, 0.25) is 0 Å². The molecule has 4 nitrogen and oxygen atoms in total. The van der Waals surface area contributed by atoms with Crippen molar-refractivity contribution in [2.24, 2.45) is 5.73 Å². The molecule has 13 heavy (non-hydrogen) atoms. The molecule has 0 bridgehead atoms. The fourth-order valence-corrected chi connectivity index (χ4v) is 0.987. The highest BCUT2D eigenvalue weighted by Crippen LogP contribution is 2.15. The van der Waals surface area contributed by atoms with Gasteiger partial charge in [0.25, 0.3) is 0 Å². The third-order valence-electron chi connectivity index (χ3n) is 1.66. The van der Waals surface area contributed by atoms with E-state index >= 15 is 0 Å². The molecule has 0 aliphatic carbocycles.